The SMILES string of the molecule is CC1C[C@@H]2C[C@H]1CN2Cc1ccc2nc(Cn3ccc4ccncc4c3=O)cn2c1. The fourth-order valence-electron chi connectivity index (χ4n) is 5.41. The number of hydrogen-bond acceptors (Lipinski definition) is 4. The number of nitrogens with zero attached hydrogens (tertiary/aromatic N) is 5. The van der Waals surface area contributed by atoms with Crippen LogP contribution in [0.5, 0.6) is 0 Å². The van der Waals surface area contributed by atoms with Gasteiger partial charge in [0, 0.05) is 50.1 Å². The standard InChI is InChI=1S/C24H25N5O/c1-16-8-21-9-19(16)13-28(21)11-17-2-3-23-26-20(15-29(23)12-17)14-27-7-5-18-4-6-25-10-22(18)24(27)30/h2-7,10,12,15-16,19,21H,8-9,11,13-14H2,1H3/t16?,19-,21+/m0/s1. The number of pyridine rings is 3. The fourth-order valence-corrected chi connectivity index (χ4v) is 5.41. The number of likely N-dealkylation sites (tertiary alicyclic amines) is 1. The average Bonchev–Trinajstić information content (AvgIpc) is 3.43. The summed E-state index contributed by atoms with van der Waals surface area (Å²) in [5.41, 5.74) is 3.09. The minimum atomic E-state index is -0.0309. The quantitative estimate of drug-likeness (QED) is 0.528. The van der Waals surface area contributed by atoms with Gasteiger partial charge in [0.15, 0.2) is 0 Å². The average molecular weight is 399 g/mol. The lowest BCUT2D eigenvalue weighted by Crippen LogP contribution is -2.34. The van der Waals surface area contributed by atoms with Crippen LogP contribution < -0.4 is 5.56 Å². The van der Waals surface area contributed by atoms with Crippen molar-refractivity contribution >= 4 is 16.4 Å². The van der Waals surface area contributed by atoms with Gasteiger partial charge in [0.05, 0.1) is 17.6 Å². The monoisotopic (exact) mass is 399 g/mol. The van der Waals surface area contributed by atoms with Crippen molar-refractivity contribution in [3.05, 3.63) is 76.9 Å². The highest BCUT2D eigenvalue weighted by Gasteiger charge is 2.42. The van der Waals surface area contributed by atoms with Crippen LogP contribution >= 0.6 is 0 Å². The predicted molar refractivity (Wildman–Crippen MR) is 116 cm³/mol. The van der Waals surface area contributed by atoms with Gasteiger partial charge in [0.1, 0.15) is 5.65 Å². The highest BCUT2D eigenvalue weighted by molar-refractivity contribution is 5.80. The first-order valence-corrected chi connectivity index (χ1v) is 10.8. The van der Waals surface area contributed by atoms with E-state index in [4.69, 9.17) is 4.98 Å². The molecule has 4 aromatic heterocycles. The Hall–Kier alpha value is -2.99. The second-order valence-corrected chi connectivity index (χ2v) is 9.04. The summed E-state index contributed by atoms with van der Waals surface area (Å²) in [6.07, 6.45) is 12.1. The number of imidazole rings is 1. The van der Waals surface area contributed by atoms with E-state index in [1.165, 1.54) is 24.9 Å². The molecule has 1 saturated carbocycles. The summed E-state index contributed by atoms with van der Waals surface area (Å²) in [5, 5.41) is 1.55. The largest absolute Gasteiger partial charge is 0.309 e. The highest BCUT2D eigenvalue weighted by Crippen LogP contribution is 2.42. The Kier molecular flexibility index (Phi) is 4.03. The van der Waals surface area contributed by atoms with Crippen LogP contribution in [-0.2, 0) is 13.1 Å². The first-order chi connectivity index (χ1) is 14.6. The van der Waals surface area contributed by atoms with Crippen LogP contribution in [0.15, 0.2) is 60.0 Å². The van der Waals surface area contributed by atoms with Crippen molar-refractivity contribution in [3.8, 4) is 0 Å². The molecular weight excluding hydrogens is 374 g/mol. The molecule has 0 N–H and O–H groups in total. The number of rotatable bonds is 4. The maximum absolute atomic E-state index is 12.8. The lowest BCUT2D eigenvalue weighted by atomic mass is 9.97. The number of piperidine rings is 1. The zero-order chi connectivity index (χ0) is 20.2. The van der Waals surface area contributed by atoms with Crippen LogP contribution in [0.25, 0.3) is 16.4 Å². The molecule has 152 valence electrons. The molecule has 3 atom stereocenters. The van der Waals surface area contributed by atoms with Crippen LogP contribution in [0.4, 0.5) is 0 Å². The molecule has 0 amide bonds. The fraction of sp³-hybridized carbons (Fsp3) is 0.375. The Morgan fingerprint density at radius 3 is 2.87 bits per heavy atom. The number of aromatic nitrogens is 4. The van der Waals surface area contributed by atoms with Gasteiger partial charge in [0.2, 0.25) is 0 Å². The van der Waals surface area contributed by atoms with Crippen molar-refractivity contribution in [2.75, 3.05) is 6.54 Å². The normalized spacial score (nSPS) is 23.7. The topological polar surface area (TPSA) is 55.4 Å². The van der Waals surface area contributed by atoms with Gasteiger partial charge in [-0.3, -0.25) is 14.7 Å². The maximum Gasteiger partial charge on any atom is 0.260 e. The summed E-state index contributed by atoms with van der Waals surface area (Å²) in [4.78, 5) is 24.2. The van der Waals surface area contributed by atoms with E-state index in [0.29, 0.717) is 11.9 Å². The summed E-state index contributed by atoms with van der Waals surface area (Å²) in [5.74, 6) is 1.77. The molecular formula is C24H25N5O. The molecule has 0 aromatic carbocycles. The minimum Gasteiger partial charge on any atom is -0.309 e. The number of fused-ring (bicyclic) bond motifs is 4. The Balaban J connectivity index is 1.25. The summed E-state index contributed by atoms with van der Waals surface area (Å²) in [6, 6.07) is 8.85. The van der Waals surface area contributed by atoms with Crippen molar-refractivity contribution in [1.82, 2.24) is 23.8 Å². The first kappa shape index (κ1) is 17.8. The third-order valence-electron chi connectivity index (χ3n) is 7.07. The molecule has 1 unspecified atom stereocenters. The van der Waals surface area contributed by atoms with Gasteiger partial charge in [-0.25, -0.2) is 4.98 Å². The van der Waals surface area contributed by atoms with E-state index in [-0.39, 0.29) is 5.56 Å². The van der Waals surface area contributed by atoms with Crippen LogP contribution in [0, 0.1) is 11.8 Å². The maximum atomic E-state index is 12.8. The molecule has 4 aromatic rings. The second kappa shape index (κ2) is 6.77. The summed E-state index contributed by atoms with van der Waals surface area (Å²) >= 11 is 0. The zero-order valence-corrected chi connectivity index (χ0v) is 17.1. The van der Waals surface area contributed by atoms with Crippen LogP contribution in [-0.4, -0.2) is 36.4 Å². The molecule has 0 radical (unpaired) electrons. The molecule has 6 nitrogen and oxygen atoms in total. The molecule has 1 aliphatic carbocycles. The van der Waals surface area contributed by atoms with Crippen LogP contribution in [0.2, 0.25) is 0 Å². The summed E-state index contributed by atoms with van der Waals surface area (Å²) in [6.45, 7) is 5.10. The van der Waals surface area contributed by atoms with Crippen LogP contribution in [0.3, 0.4) is 0 Å². The third-order valence-corrected chi connectivity index (χ3v) is 7.07. The van der Waals surface area contributed by atoms with Gasteiger partial charge in [-0.2, -0.15) is 0 Å². The minimum absolute atomic E-state index is 0.0309. The van der Waals surface area contributed by atoms with Gasteiger partial charge in [-0.15, -0.1) is 0 Å². The van der Waals surface area contributed by atoms with E-state index in [2.05, 4.69) is 39.5 Å². The van der Waals surface area contributed by atoms with E-state index in [1.54, 1.807) is 17.0 Å². The van der Waals surface area contributed by atoms with Crippen molar-refractivity contribution in [2.24, 2.45) is 11.8 Å². The number of hydrogen-bond donors (Lipinski definition) is 0. The molecule has 2 fully saturated rings. The molecule has 2 bridgehead atoms. The molecule has 5 heterocycles. The van der Waals surface area contributed by atoms with E-state index in [1.807, 2.05) is 24.5 Å². The Labute approximate surface area is 174 Å². The molecule has 2 aliphatic rings. The molecule has 6 heteroatoms. The first-order valence-electron chi connectivity index (χ1n) is 10.8. The van der Waals surface area contributed by atoms with Crippen molar-refractivity contribution in [1.29, 1.82) is 0 Å². The van der Waals surface area contributed by atoms with E-state index in [0.717, 1.165) is 41.1 Å². The molecule has 1 aliphatic heterocycles. The molecule has 30 heavy (non-hydrogen) atoms. The summed E-state index contributed by atoms with van der Waals surface area (Å²) in [7, 11) is 0. The molecule has 6 rings (SSSR count). The van der Waals surface area contributed by atoms with Crippen molar-refractivity contribution in [3.63, 3.8) is 0 Å². The second-order valence-electron chi connectivity index (χ2n) is 9.04. The van der Waals surface area contributed by atoms with E-state index < -0.39 is 0 Å². The third kappa shape index (κ3) is 2.94. The van der Waals surface area contributed by atoms with Crippen molar-refractivity contribution < 1.29 is 0 Å². The smallest absolute Gasteiger partial charge is 0.260 e. The van der Waals surface area contributed by atoms with Crippen molar-refractivity contribution in [2.45, 2.75) is 38.9 Å². The molecule has 0 spiro atoms. The van der Waals surface area contributed by atoms with Gasteiger partial charge in [0.25, 0.3) is 5.56 Å². The van der Waals surface area contributed by atoms with E-state index >= 15 is 0 Å². The highest BCUT2D eigenvalue weighted by atomic mass is 16.1. The van der Waals surface area contributed by atoms with Gasteiger partial charge >= 0.3 is 0 Å². The van der Waals surface area contributed by atoms with Gasteiger partial charge in [-0.05, 0) is 53.8 Å². The lowest BCUT2D eigenvalue weighted by molar-refractivity contribution is 0.174. The van der Waals surface area contributed by atoms with E-state index in [9.17, 15) is 4.79 Å². The lowest BCUT2D eigenvalue weighted by Gasteiger charge is -2.29. The molecule has 1 saturated heterocycles. The van der Waals surface area contributed by atoms with Crippen LogP contribution in [0.1, 0.15) is 31.0 Å². The Morgan fingerprint density at radius 1 is 1.10 bits per heavy atom. The predicted octanol–water partition coefficient (Wildman–Crippen LogP) is 3.32. The summed E-state index contributed by atoms with van der Waals surface area (Å²) < 4.78 is 3.80. The Morgan fingerprint density at radius 2 is 2.03 bits per heavy atom. The van der Waals surface area contributed by atoms with Gasteiger partial charge in [-0.1, -0.05) is 13.0 Å². The zero-order valence-electron chi connectivity index (χ0n) is 17.1. The Bertz CT molecular complexity index is 1300. The van der Waals surface area contributed by atoms with Gasteiger partial charge < -0.3 is 8.97 Å².